The molecule has 1 rings (SSSR count). The molecule has 0 aliphatic heterocycles. The first-order valence-electron chi connectivity index (χ1n) is 4.97. The number of aromatic nitrogens is 1. The highest BCUT2D eigenvalue weighted by atomic mass is 16.1. The summed E-state index contributed by atoms with van der Waals surface area (Å²) in [4.78, 5) is 17.3. The van der Waals surface area contributed by atoms with Gasteiger partial charge in [-0.2, -0.15) is 0 Å². The first kappa shape index (κ1) is 12.4. The van der Waals surface area contributed by atoms with E-state index in [1.54, 1.807) is 13.1 Å². The second kappa shape index (κ2) is 6.04. The van der Waals surface area contributed by atoms with Crippen molar-refractivity contribution in [3.05, 3.63) is 23.9 Å². The highest BCUT2D eigenvalue weighted by Gasteiger charge is 2.06. The summed E-state index contributed by atoms with van der Waals surface area (Å²) < 4.78 is 0. The molecule has 0 aliphatic rings. The van der Waals surface area contributed by atoms with E-state index < -0.39 is 0 Å². The summed E-state index contributed by atoms with van der Waals surface area (Å²) in [6.45, 7) is 0.946. The van der Waals surface area contributed by atoms with Crippen LogP contribution in [0.15, 0.2) is 18.2 Å². The number of hydrogen-bond acceptors (Lipinski definition) is 5. The second-order valence-corrected chi connectivity index (χ2v) is 3.50. The highest BCUT2D eigenvalue weighted by Crippen LogP contribution is 2.05. The van der Waals surface area contributed by atoms with Gasteiger partial charge in [-0.25, -0.2) is 10.8 Å². The number of nitrogens with one attached hydrogen (secondary N) is 2. The van der Waals surface area contributed by atoms with Gasteiger partial charge in [-0.05, 0) is 19.2 Å². The first-order chi connectivity index (χ1) is 7.65. The van der Waals surface area contributed by atoms with Crippen molar-refractivity contribution >= 4 is 11.7 Å². The number of pyridine rings is 1. The maximum atomic E-state index is 11.1. The van der Waals surface area contributed by atoms with Gasteiger partial charge in [-0.1, -0.05) is 6.07 Å². The molecule has 6 nitrogen and oxygen atoms in total. The molecule has 1 aromatic heterocycles. The van der Waals surface area contributed by atoms with Crippen LogP contribution in [0.5, 0.6) is 0 Å². The molecule has 0 atom stereocenters. The molecule has 1 amide bonds. The summed E-state index contributed by atoms with van der Waals surface area (Å²) in [5.41, 5.74) is 3.35. The summed E-state index contributed by atoms with van der Waals surface area (Å²) in [5.74, 6) is 5.86. The minimum absolute atomic E-state index is 0.0180. The van der Waals surface area contributed by atoms with Gasteiger partial charge in [0.25, 0.3) is 0 Å². The summed E-state index contributed by atoms with van der Waals surface area (Å²) in [5, 5.41) is 2.57. The SMILES string of the molecule is CNC(=O)CN(C)Cc1cccc(NN)n1. The average Bonchev–Trinajstić information content (AvgIpc) is 2.28. The lowest BCUT2D eigenvalue weighted by Gasteiger charge is -2.15. The summed E-state index contributed by atoms with van der Waals surface area (Å²) in [7, 11) is 3.48. The number of hydrogen-bond donors (Lipinski definition) is 3. The van der Waals surface area contributed by atoms with Crippen LogP contribution in [0.25, 0.3) is 0 Å². The van der Waals surface area contributed by atoms with Crippen molar-refractivity contribution in [1.82, 2.24) is 15.2 Å². The molecule has 0 spiro atoms. The predicted molar refractivity (Wildman–Crippen MR) is 62.4 cm³/mol. The molecule has 0 saturated carbocycles. The number of carbonyl (C=O) groups is 1. The monoisotopic (exact) mass is 223 g/mol. The van der Waals surface area contributed by atoms with E-state index in [0.29, 0.717) is 18.9 Å². The van der Waals surface area contributed by atoms with Gasteiger partial charge in [0.05, 0.1) is 12.2 Å². The fraction of sp³-hybridized carbons (Fsp3) is 0.400. The van der Waals surface area contributed by atoms with Crippen molar-refractivity contribution < 1.29 is 4.79 Å². The predicted octanol–water partition coefficient (Wildman–Crippen LogP) is -0.455. The Labute approximate surface area is 94.8 Å². The largest absolute Gasteiger partial charge is 0.358 e. The zero-order valence-electron chi connectivity index (χ0n) is 9.53. The van der Waals surface area contributed by atoms with Crippen molar-refractivity contribution in [2.24, 2.45) is 5.84 Å². The van der Waals surface area contributed by atoms with E-state index in [1.165, 1.54) is 0 Å². The zero-order valence-corrected chi connectivity index (χ0v) is 9.53. The molecule has 0 aromatic carbocycles. The Hall–Kier alpha value is -1.66. The number of hydrazine groups is 1. The molecule has 16 heavy (non-hydrogen) atoms. The molecule has 0 unspecified atom stereocenters. The van der Waals surface area contributed by atoms with Gasteiger partial charge in [-0.15, -0.1) is 0 Å². The minimum atomic E-state index is -0.0180. The van der Waals surface area contributed by atoms with E-state index >= 15 is 0 Å². The van der Waals surface area contributed by atoms with E-state index in [1.807, 2.05) is 24.1 Å². The third-order valence-electron chi connectivity index (χ3n) is 2.08. The number of carbonyl (C=O) groups excluding carboxylic acids is 1. The van der Waals surface area contributed by atoms with Crippen LogP contribution in [0.2, 0.25) is 0 Å². The van der Waals surface area contributed by atoms with Crippen LogP contribution in [0.3, 0.4) is 0 Å². The first-order valence-corrected chi connectivity index (χ1v) is 4.97. The third-order valence-corrected chi connectivity index (χ3v) is 2.08. The molecule has 1 aromatic rings. The normalized spacial score (nSPS) is 10.2. The van der Waals surface area contributed by atoms with E-state index in [-0.39, 0.29) is 5.91 Å². The van der Waals surface area contributed by atoms with Crippen molar-refractivity contribution in [2.45, 2.75) is 6.54 Å². The smallest absolute Gasteiger partial charge is 0.233 e. The second-order valence-electron chi connectivity index (χ2n) is 3.50. The molecule has 0 radical (unpaired) electrons. The molecule has 0 aliphatic carbocycles. The van der Waals surface area contributed by atoms with Crippen LogP contribution in [0.1, 0.15) is 5.69 Å². The lowest BCUT2D eigenvalue weighted by atomic mass is 10.3. The molecule has 0 bridgehead atoms. The third kappa shape index (κ3) is 3.84. The van der Waals surface area contributed by atoms with Crippen LogP contribution in [-0.4, -0.2) is 36.4 Å². The summed E-state index contributed by atoms with van der Waals surface area (Å²) in [6, 6.07) is 5.54. The Morgan fingerprint density at radius 1 is 1.56 bits per heavy atom. The number of nitrogens with zero attached hydrogens (tertiary/aromatic N) is 2. The van der Waals surface area contributed by atoms with Gasteiger partial charge in [0.1, 0.15) is 5.82 Å². The Morgan fingerprint density at radius 3 is 2.94 bits per heavy atom. The van der Waals surface area contributed by atoms with Gasteiger partial charge in [-0.3, -0.25) is 9.69 Å². The van der Waals surface area contributed by atoms with Crippen molar-refractivity contribution in [2.75, 3.05) is 26.1 Å². The van der Waals surface area contributed by atoms with Crippen LogP contribution in [-0.2, 0) is 11.3 Å². The quantitative estimate of drug-likeness (QED) is 0.465. The zero-order chi connectivity index (χ0) is 12.0. The van der Waals surface area contributed by atoms with Crippen LogP contribution >= 0.6 is 0 Å². The number of nitrogens with two attached hydrogens (primary N) is 1. The molecular weight excluding hydrogens is 206 g/mol. The van der Waals surface area contributed by atoms with Crippen LogP contribution in [0.4, 0.5) is 5.82 Å². The molecule has 1 heterocycles. The van der Waals surface area contributed by atoms with E-state index in [4.69, 9.17) is 5.84 Å². The Bertz CT molecular complexity index is 355. The van der Waals surface area contributed by atoms with Gasteiger partial charge >= 0.3 is 0 Å². The number of rotatable bonds is 5. The fourth-order valence-corrected chi connectivity index (χ4v) is 1.30. The number of nitrogen functional groups attached to an aromatic ring is 1. The average molecular weight is 223 g/mol. The fourth-order valence-electron chi connectivity index (χ4n) is 1.30. The van der Waals surface area contributed by atoms with Crippen LogP contribution in [0, 0.1) is 0 Å². The Kier molecular flexibility index (Phi) is 4.68. The van der Waals surface area contributed by atoms with E-state index in [9.17, 15) is 4.79 Å². The summed E-state index contributed by atoms with van der Waals surface area (Å²) >= 11 is 0. The van der Waals surface area contributed by atoms with Gasteiger partial charge in [0, 0.05) is 13.6 Å². The number of anilines is 1. The van der Waals surface area contributed by atoms with Crippen molar-refractivity contribution in [3.8, 4) is 0 Å². The number of amides is 1. The lowest BCUT2D eigenvalue weighted by molar-refractivity contribution is -0.121. The lowest BCUT2D eigenvalue weighted by Crippen LogP contribution is -2.32. The van der Waals surface area contributed by atoms with E-state index in [0.717, 1.165) is 5.69 Å². The molecule has 0 fully saturated rings. The number of likely N-dealkylation sites (N-methyl/N-ethyl adjacent to an activating group) is 2. The van der Waals surface area contributed by atoms with Gasteiger partial charge < -0.3 is 10.7 Å². The molecule has 4 N–H and O–H groups in total. The molecule has 0 saturated heterocycles. The maximum absolute atomic E-state index is 11.1. The molecule has 6 heteroatoms. The van der Waals surface area contributed by atoms with Crippen LogP contribution < -0.4 is 16.6 Å². The Balaban J connectivity index is 2.55. The minimum Gasteiger partial charge on any atom is -0.358 e. The van der Waals surface area contributed by atoms with E-state index in [2.05, 4.69) is 15.7 Å². The van der Waals surface area contributed by atoms with Gasteiger partial charge in [0.15, 0.2) is 0 Å². The maximum Gasteiger partial charge on any atom is 0.233 e. The van der Waals surface area contributed by atoms with Gasteiger partial charge in [0.2, 0.25) is 5.91 Å². The van der Waals surface area contributed by atoms with Crippen molar-refractivity contribution in [1.29, 1.82) is 0 Å². The topological polar surface area (TPSA) is 83.3 Å². The highest BCUT2D eigenvalue weighted by molar-refractivity contribution is 5.77. The van der Waals surface area contributed by atoms with Crippen molar-refractivity contribution in [3.63, 3.8) is 0 Å². The standard InChI is InChI=1S/C10H17N5O/c1-12-10(16)7-15(2)6-8-4-3-5-9(13-8)14-11/h3-5H,6-7,11H2,1-2H3,(H,12,16)(H,13,14). The molecular formula is C10H17N5O. The molecule has 88 valence electrons. The summed E-state index contributed by atoms with van der Waals surface area (Å²) in [6.07, 6.45) is 0. The Morgan fingerprint density at radius 2 is 2.31 bits per heavy atom.